The molecule has 0 unspecified atom stereocenters. The number of ether oxygens (including phenoxy) is 1. The first kappa shape index (κ1) is 16.1. The summed E-state index contributed by atoms with van der Waals surface area (Å²) in [5.41, 5.74) is 2.75. The lowest BCUT2D eigenvalue weighted by Crippen LogP contribution is -2.35. The van der Waals surface area contributed by atoms with E-state index >= 15 is 0 Å². The smallest absolute Gasteiger partial charge is 0.0649 e. The lowest BCUT2D eigenvalue weighted by atomic mass is 10.1. The van der Waals surface area contributed by atoms with E-state index in [0.717, 1.165) is 19.7 Å². The van der Waals surface area contributed by atoms with Gasteiger partial charge in [0.1, 0.15) is 0 Å². The fraction of sp³-hybridized carbons (Fsp3) is 0.556. The molecule has 2 aromatic rings. The Labute approximate surface area is 128 Å². The molecule has 3 heteroatoms. The maximum atomic E-state index is 5.65. The third-order valence-electron chi connectivity index (χ3n) is 3.44. The van der Waals surface area contributed by atoms with Gasteiger partial charge in [0.15, 0.2) is 0 Å². The highest BCUT2D eigenvalue weighted by Gasteiger charge is 2.09. The lowest BCUT2D eigenvalue weighted by molar-refractivity contribution is 0.0733. The van der Waals surface area contributed by atoms with Crippen molar-refractivity contribution < 1.29 is 4.74 Å². The molecule has 0 spiro atoms. The van der Waals surface area contributed by atoms with Crippen LogP contribution in [0.2, 0.25) is 0 Å². The molecule has 0 amide bonds. The van der Waals surface area contributed by atoms with Crippen LogP contribution in [0.15, 0.2) is 30.5 Å². The van der Waals surface area contributed by atoms with Crippen LogP contribution >= 0.6 is 0 Å². The van der Waals surface area contributed by atoms with Crippen LogP contribution in [0.4, 0.5) is 0 Å². The van der Waals surface area contributed by atoms with E-state index < -0.39 is 0 Å². The Morgan fingerprint density at radius 1 is 1.19 bits per heavy atom. The van der Waals surface area contributed by atoms with Gasteiger partial charge in [-0.25, -0.2) is 0 Å². The molecule has 3 nitrogen and oxygen atoms in total. The number of fused-ring (bicyclic) bond motifs is 1. The average Bonchev–Trinajstić information content (AvgIpc) is 2.78. The zero-order valence-corrected chi connectivity index (χ0v) is 13.9. The second-order valence-corrected chi connectivity index (χ2v) is 6.93. The maximum Gasteiger partial charge on any atom is 0.0649 e. The summed E-state index contributed by atoms with van der Waals surface area (Å²) in [6.45, 7) is 13.3. The molecule has 1 N–H and O–H groups in total. The van der Waals surface area contributed by atoms with E-state index in [4.69, 9.17) is 4.74 Å². The largest absolute Gasteiger partial charge is 0.377 e. The van der Waals surface area contributed by atoms with Crippen LogP contribution in [0.1, 0.15) is 40.2 Å². The number of hydrogen-bond acceptors (Lipinski definition) is 2. The molecule has 1 aromatic carbocycles. The van der Waals surface area contributed by atoms with E-state index in [-0.39, 0.29) is 5.54 Å². The Bertz CT molecular complexity index is 578. The third kappa shape index (κ3) is 4.87. The molecular formula is C18H28N2O. The molecule has 1 aromatic heterocycles. The Morgan fingerprint density at radius 3 is 2.62 bits per heavy atom. The van der Waals surface area contributed by atoms with E-state index in [1.807, 2.05) is 0 Å². The SMILES string of the molecule is CC(C)OCCn1ccc2ccc(CNC(C)(C)C)cc21. The van der Waals surface area contributed by atoms with Crippen molar-refractivity contribution in [3.05, 3.63) is 36.0 Å². The van der Waals surface area contributed by atoms with Crippen molar-refractivity contribution in [2.45, 2.75) is 59.4 Å². The topological polar surface area (TPSA) is 26.2 Å². The van der Waals surface area contributed by atoms with Crippen molar-refractivity contribution in [3.8, 4) is 0 Å². The van der Waals surface area contributed by atoms with Gasteiger partial charge in [0.05, 0.1) is 12.7 Å². The van der Waals surface area contributed by atoms with E-state index in [1.54, 1.807) is 0 Å². The highest BCUT2D eigenvalue weighted by molar-refractivity contribution is 5.80. The summed E-state index contributed by atoms with van der Waals surface area (Å²) in [6.07, 6.45) is 2.44. The van der Waals surface area contributed by atoms with Gasteiger partial charge in [0, 0.05) is 30.3 Å². The Morgan fingerprint density at radius 2 is 1.95 bits per heavy atom. The van der Waals surface area contributed by atoms with Gasteiger partial charge in [-0.1, -0.05) is 12.1 Å². The molecule has 0 radical (unpaired) electrons. The quantitative estimate of drug-likeness (QED) is 0.871. The molecule has 116 valence electrons. The summed E-state index contributed by atoms with van der Waals surface area (Å²) < 4.78 is 7.93. The third-order valence-corrected chi connectivity index (χ3v) is 3.44. The Hall–Kier alpha value is -1.32. The molecule has 21 heavy (non-hydrogen) atoms. The number of nitrogens with zero attached hydrogens (tertiary/aromatic N) is 1. The van der Waals surface area contributed by atoms with Crippen molar-refractivity contribution in [3.63, 3.8) is 0 Å². The number of nitrogens with one attached hydrogen (secondary N) is 1. The highest BCUT2D eigenvalue weighted by atomic mass is 16.5. The summed E-state index contributed by atoms with van der Waals surface area (Å²) in [4.78, 5) is 0. The summed E-state index contributed by atoms with van der Waals surface area (Å²) in [7, 11) is 0. The van der Waals surface area contributed by atoms with Gasteiger partial charge in [-0.2, -0.15) is 0 Å². The second-order valence-electron chi connectivity index (χ2n) is 6.93. The lowest BCUT2D eigenvalue weighted by Gasteiger charge is -2.20. The number of rotatable bonds is 6. The molecule has 0 aliphatic rings. The van der Waals surface area contributed by atoms with E-state index in [2.05, 4.69) is 75.0 Å². The first-order valence-corrected chi connectivity index (χ1v) is 7.79. The van der Waals surface area contributed by atoms with Crippen molar-refractivity contribution in [1.82, 2.24) is 9.88 Å². The standard InChI is InChI=1S/C18H28N2O/c1-14(2)21-11-10-20-9-8-16-7-6-15(12-17(16)20)13-19-18(3,4)5/h6-9,12,14,19H,10-11,13H2,1-5H3. The molecule has 0 atom stereocenters. The molecule has 0 saturated carbocycles. The fourth-order valence-corrected chi connectivity index (χ4v) is 2.29. The molecule has 0 aliphatic heterocycles. The van der Waals surface area contributed by atoms with Crippen LogP contribution in [0.5, 0.6) is 0 Å². The van der Waals surface area contributed by atoms with Crippen LogP contribution in [0, 0.1) is 0 Å². The van der Waals surface area contributed by atoms with Crippen LogP contribution in [-0.2, 0) is 17.8 Å². The highest BCUT2D eigenvalue weighted by Crippen LogP contribution is 2.18. The molecule has 1 heterocycles. The molecule has 2 rings (SSSR count). The van der Waals surface area contributed by atoms with Crippen molar-refractivity contribution in [2.75, 3.05) is 6.61 Å². The molecular weight excluding hydrogens is 260 g/mol. The predicted octanol–water partition coefficient (Wildman–Crippen LogP) is 3.95. The van der Waals surface area contributed by atoms with Crippen LogP contribution in [0.25, 0.3) is 10.9 Å². The molecule has 0 bridgehead atoms. The summed E-state index contributed by atoms with van der Waals surface area (Å²) in [5, 5.41) is 4.83. The minimum absolute atomic E-state index is 0.141. The number of hydrogen-bond donors (Lipinski definition) is 1. The predicted molar refractivity (Wildman–Crippen MR) is 89.6 cm³/mol. The van der Waals surface area contributed by atoms with Gasteiger partial charge in [0.25, 0.3) is 0 Å². The van der Waals surface area contributed by atoms with Gasteiger partial charge in [0.2, 0.25) is 0 Å². The molecule has 0 saturated heterocycles. The normalized spacial score (nSPS) is 12.5. The van der Waals surface area contributed by atoms with Gasteiger partial charge in [-0.15, -0.1) is 0 Å². The van der Waals surface area contributed by atoms with Gasteiger partial charge in [-0.3, -0.25) is 0 Å². The van der Waals surface area contributed by atoms with Gasteiger partial charge < -0.3 is 14.6 Å². The first-order chi connectivity index (χ1) is 9.85. The van der Waals surface area contributed by atoms with Crippen LogP contribution < -0.4 is 5.32 Å². The van der Waals surface area contributed by atoms with Crippen molar-refractivity contribution in [1.29, 1.82) is 0 Å². The Balaban J connectivity index is 2.09. The maximum absolute atomic E-state index is 5.65. The minimum Gasteiger partial charge on any atom is -0.377 e. The second kappa shape index (κ2) is 6.63. The van der Waals surface area contributed by atoms with E-state index in [9.17, 15) is 0 Å². The van der Waals surface area contributed by atoms with Crippen molar-refractivity contribution in [2.24, 2.45) is 0 Å². The van der Waals surface area contributed by atoms with E-state index in [1.165, 1.54) is 16.5 Å². The first-order valence-electron chi connectivity index (χ1n) is 7.79. The van der Waals surface area contributed by atoms with Gasteiger partial charge in [-0.05, 0) is 57.7 Å². The molecule has 0 aliphatic carbocycles. The summed E-state index contributed by atoms with van der Waals surface area (Å²) in [5.74, 6) is 0. The van der Waals surface area contributed by atoms with Crippen LogP contribution in [0.3, 0.4) is 0 Å². The zero-order chi connectivity index (χ0) is 15.5. The fourth-order valence-electron chi connectivity index (χ4n) is 2.29. The summed E-state index contributed by atoms with van der Waals surface area (Å²) >= 11 is 0. The average molecular weight is 288 g/mol. The zero-order valence-electron chi connectivity index (χ0n) is 13.9. The minimum atomic E-state index is 0.141. The number of benzene rings is 1. The van der Waals surface area contributed by atoms with Crippen LogP contribution in [-0.4, -0.2) is 22.8 Å². The van der Waals surface area contributed by atoms with Crippen molar-refractivity contribution >= 4 is 10.9 Å². The van der Waals surface area contributed by atoms with Gasteiger partial charge >= 0.3 is 0 Å². The number of aromatic nitrogens is 1. The summed E-state index contributed by atoms with van der Waals surface area (Å²) in [6, 6.07) is 8.86. The Kier molecular flexibility index (Phi) is 5.07. The monoisotopic (exact) mass is 288 g/mol. The van der Waals surface area contributed by atoms with E-state index in [0.29, 0.717) is 6.10 Å². The molecule has 0 fully saturated rings.